The molecule has 1 aromatic carbocycles. The summed E-state index contributed by atoms with van der Waals surface area (Å²) >= 11 is 0. The number of aryl methyl sites for hydroxylation is 1. The number of carbonyl (C=O) groups excluding carboxylic acids is 2. The van der Waals surface area contributed by atoms with E-state index in [4.69, 9.17) is 4.74 Å². The highest BCUT2D eigenvalue weighted by Crippen LogP contribution is 2.14. The third kappa shape index (κ3) is 3.99. The van der Waals surface area contributed by atoms with Gasteiger partial charge < -0.3 is 14.5 Å². The monoisotopic (exact) mass is 342 g/mol. The second kappa shape index (κ2) is 7.38. The minimum atomic E-state index is -0.0162. The summed E-state index contributed by atoms with van der Waals surface area (Å²) in [7, 11) is 1.59. The molecule has 0 saturated carbocycles. The lowest BCUT2D eigenvalue weighted by Gasteiger charge is -2.34. The molecule has 1 aliphatic heterocycles. The van der Waals surface area contributed by atoms with Gasteiger partial charge in [0.2, 0.25) is 5.91 Å². The maximum absolute atomic E-state index is 12.5. The first-order valence-electron chi connectivity index (χ1n) is 8.28. The summed E-state index contributed by atoms with van der Waals surface area (Å²) in [5.74, 6) is 0.734. The van der Waals surface area contributed by atoms with Crippen molar-refractivity contribution in [2.24, 2.45) is 0 Å². The average molecular weight is 342 g/mol. The predicted molar refractivity (Wildman–Crippen MR) is 92.4 cm³/mol. The van der Waals surface area contributed by atoms with Gasteiger partial charge in [-0.3, -0.25) is 14.3 Å². The molecule has 0 radical (unpaired) electrons. The number of amides is 2. The number of ether oxygens (including phenoxy) is 1. The van der Waals surface area contributed by atoms with Crippen molar-refractivity contribution in [2.75, 3.05) is 33.3 Å². The second-order valence-corrected chi connectivity index (χ2v) is 6.06. The Morgan fingerprint density at radius 1 is 1.04 bits per heavy atom. The van der Waals surface area contributed by atoms with Crippen molar-refractivity contribution in [3.05, 3.63) is 47.8 Å². The number of benzene rings is 1. The fraction of sp³-hybridized carbons (Fsp3) is 0.389. The Bertz CT molecular complexity index is 746. The average Bonchev–Trinajstić information content (AvgIpc) is 3.06. The van der Waals surface area contributed by atoms with E-state index >= 15 is 0 Å². The van der Waals surface area contributed by atoms with Gasteiger partial charge in [0.05, 0.1) is 12.8 Å². The lowest BCUT2D eigenvalue weighted by atomic mass is 10.1. The van der Waals surface area contributed by atoms with Crippen LogP contribution in [0.3, 0.4) is 0 Å². The molecular formula is C18H22N4O3. The van der Waals surface area contributed by atoms with Gasteiger partial charge in [0.25, 0.3) is 5.91 Å². The molecule has 2 heterocycles. The van der Waals surface area contributed by atoms with Crippen LogP contribution < -0.4 is 4.74 Å². The third-order valence-corrected chi connectivity index (χ3v) is 4.33. The van der Waals surface area contributed by atoms with E-state index in [2.05, 4.69) is 5.10 Å². The van der Waals surface area contributed by atoms with Gasteiger partial charge in [-0.2, -0.15) is 5.10 Å². The second-order valence-electron chi connectivity index (χ2n) is 6.06. The molecule has 3 rings (SSSR count). The van der Waals surface area contributed by atoms with Gasteiger partial charge in [-0.1, -0.05) is 0 Å². The van der Waals surface area contributed by atoms with Crippen LogP contribution in [0.5, 0.6) is 5.75 Å². The lowest BCUT2D eigenvalue weighted by molar-refractivity contribution is -0.133. The smallest absolute Gasteiger partial charge is 0.253 e. The van der Waals surface area contributed by atoms with Crippen LogP contribution in [-0.2, 0) is 11.3 Å². The van der Waals surface area contributed by atoms with Crippen molar-refractivity contribution >= 4 is 11.8 Å². The van der Waals surface area contributed by atoms with Crippen LogP contribution in [0.1, 0.15) is 16.1 Å². The minimum absolute atomic E-state index is 0.0162. The largest absolute Gasteiger partial charge is 0.497 e. The fourth-order valence-corrected chi connectivity index (χ4v) is 2.86. The van der Waals surface area contributed by atoms with E-state index in [9.17, 15) is 9.59 Å². The Hall–Kier alpha value is -2.83. The molecule has 0 unspecified atom stereocenters. The SMILES string of the molecule is COc1ccc(C(=O)N2CCN(C(=O)Cn3ccc(C)n3)CC2)cc1. The van der Waals surface area contributed by atoms with E-state index in [0.29, 0.717) is 31.7 Å². The predicted octanol–water partition coefficient (Wildman–Crippen LogP) is 1.18. The number of rotatable bonds is 4. The van der Waals surface area contributed by atoms with E-state index < -0.39 is 0 Å². The van der Waals surface area contributed by atoms with Crippen LogP contribution in [0.25, 0.3) is 0 Å². The maximum atomic E-state index is 12.5. The first kappa shape index (κ1) is 17.0. The summed E-state index contributed by atoms with van der Waals surface area (Å²) in [6.07, 6.45) is 1.80. The number of nitrogens with zero attached hydrogens (tertiary/aromatic N) is 4. The topological polar surface area (TPSA) is 67.7 Å². The highest BCUT2D eigenvalue weighted by atomic mass is 16.5. The summed E-state index contributed by atoms with van der Waals surface area (Å²) in [4.78, 5) is 28.4. The van der Waals surface area contributed by atoms with Gasteiger partial charge in [-0.05, 0) is 37.3 Å². The molecule has 0 atom stereocenters. The van der Waals surface area contributed by atoms with Crippen LogP contribution in [0.15, 0.2) is 36.5 Å². The Balaban J connectivity index is 1.53. The van der Waals surface area contributed by atoms with Crippen LogP contribution in [0, 0.1) is 6.92 Å². The van der Waals surface area contributed by atoms with E-state index in [1.807, 2.05) is 13.0 Å². The summed E-state index contributed by atoms with van der Waals surface area (Å²) < 4.78 is 6.75. The summed E-state index contributed by atoms with van der Waals surface area (Å²) in [6, 6.07) is 8.95. The lowest BCUT2D eigenvalue weighted by Crippen LogP contribution is -2.51. The Morgan fingerprint density at radius 2 is 1.68 bits per heavy atom. The fourth-order valence-electron chi connectivity index (χ4n) is 2.86. The normalized spacial score (nSPS) is 14.5. The molecule has 2 aromatic rings. The molecule has 1 saturated heterocycles. The van der Waals surface area contributed by atoms with Gasteiger partial charge in [0.1, 0.15) is 12.3 Å². The number of hydrogen-bond donors (Lipinski definition) is 0. The zero-order chi connectivity index (χ0) is 17.8. The van der Waals surface area contributed by atoms with Crippen molar-refractivity contribution < 1.29 is 14.3 Å². The van der Waals surface area contributed by atoms with Crippen molar-refractivity contribution in [2.45, 2.75) is 13.5 Å². The van der Waals surface area contributed by atoms with E-state index in [1.54, 1.807) is 52.1 Å². The van der Waals surface area contributed by atoms with Gasteiger partial charge in [0.15, 0.2) is 0 Å². The Labute approximate surface area is 146 Å². The Kier molecular flexibility index (Phi) is 5.02. The number of hydrogen-bond acceptors (Lipinski definition) is 4. The molecule has 132 valence electrons. The number of methoxy groups -OCH3 is 1. The van der Waals surface area contributed by atoms with Crippen LogP contribution in [0.2, 0.25) is 0 Å². The highest BCUT2D eigenvalue weighted by Gasteiger charge is 2.25. The first-order valence-corrected chi connectivity index (χ1v) is 8.28. The molecule has 1 aromatic heterocycles. The van der Waals surface area contributed by atoms with E-state index in [-0.39, 0.29) is 18.4 Å². The molecule has 0 N–H and O–H groups in total. The van der Waals surface area contributed by atoms with Gasteiger partial charge >= 0.3 is 0 Å². The highest BCUT2D eigenvalue weighted by molar-refractivity contribution is 5.94. The van der Waals surface area contributed by atoms with E-state index in [1.165, 1.54) is 0 Å². The number of carbonyl (C=O) groups is 2. The minimum Gasteiger partial charge on any atom is -0.497 e. The summed E-state index contributed by atoms with van der Waals surface area (Å²) in [5.41, 5.74) is 1.52. The van der Waals surface area contributed by atoms with Gasteiger partial charge in [-0.25, -0.2) is 0 Å². The van der Waals surface area contributed by atoms with Crippen molar-refractivity contribution in [1.82, 2.24) is 19.6 Å². The molecule has 0 spiro atoms. The van der Waals surface area contributed by atoms with Crippen molar-refractivity contribution in [3.8, 4) is 5.75 Å². The maximum Gasteiger partial charge on any atom is 0.253 e. The molecule has 25 heavy (non-hydrogen) atoms. The van der Waals surface area contributed by atoms with Crippen molar-refractivity contribution in [1.29, 1.82) is 0 Å². The van der Waals surface area contributed by atoms with E-state index in [0.717, 1.165) is 11.4 Å². The van der Waals surface area contributed by atoms with Gasteiger partial charge in [0, 0.05) is 37.9 Å². The number of aromatic nitrogens is 2. The third-order valence-electron chi connectivity index (χ3n) is 4.33. The zero-order valence-electron chi connectivity index (χ0n) is 14.5. The van der Waals surface area contributed by atoms with Gasteiger partial charge in [-0.15, -0.1) is 0 Å². The van der Waals surface area contributed by atoms with Crippen LogP contribution in [-0.4, -0.2) is 64.7 Å². The molecular weight excluding hydrogens is 320 g/mol. The first-order chi connectivity index (χ1) is 12.1. The zero-order valence-corrected chi connectivity index (χ0v) is 14.5. The molecule has 2 amide bonds. The molecule has 7 heteroatoms. The molecule has 1 fully saturated rings. The molecule has 7 nitrogen and oxygen atoms in total. The molecule has 0 aliphatic carbocycles. The molecule has 0 bridgehead atoms. The quantitative estimate of drug-likeness (QED) is 0.837. The van der Waals surface area contributed by atoms with Crippen molar-refractivity contribution in [3.63, 3.8) is 0 Å². The summed E-state index contributed by atoms with van der Waals surface area (Å²) in [5, 5.41) is 4.24. The van der Waals surface area contributed by atoms with Crippen LogP contribution in [0.4, 0.5) is 0 Å². The van der Waals surface area contributed by atoms with Crippen LogP contribution >= 0.6 is 0 Å². The Morgan fingerprint density at radius 3 is 2.24 bits per heavy atom. The number of piperazine rings is 1. The molecule has 1 aliphatic rings. The standard InChI is InChI=1S/C18H22N4O3/c1-14-7-8-22(19-14)13-17(23)20-9-11-21(12-10-20)18(24)15-3-5-16(25-2)6-4-15/h3-8H,9-13H2,1-2H3. The summed E-state index contributed by atoms with van der Waals surface area (Å²) in [6.45, 7) is 4.29.